The van der Waals surface area contributed by atoms with Gasteiger partial charge in [0.1, 0.15) is 40.2 Å². The Bertz CT molecular complexity index is 3130. The van der Waals surface area contributed by atoms with Crippen molar-refractivity contribution < 1.29 is 41.1 Å². The summed E-state index contributed by atoms with van der Waals surface area (Å²) in [6.07, 6.45) is 7.68. The minimum Gasteiger partial charge on any atom is -0.497 e. The van der Waals surface area contributed by atoms with E-state index in [0.717, 1.165) is 94.8 Å². The average molecular weight is 1030 g/mol. The average Bonchev–Trinajstić information content (AvgIpc) is 3.77. The number of ether oxygens (including phenoxy) is 3. The van der Waals surface area contributed by atoms with E-state index in [-0.39, 0.29) is 51.3 Å². The first-order valence-corrected chi connectivity index (χ1v) is 26.9. The molecule has 5 heterocycles. The Kier molecular flexibility index (Phi) is 14.6. The van der Waals surface area contributed by atoms with Gasteiger partial charge in [-0.1, -0.05) is 50.2 Å². The van der Waals surface area contributed by atoms with E-state index in [4.69, 9.17) is 14.2 Å². The number of aromatic amines is 1. The van der Waals surface area contributed by atoms with Crippen LogP contribution in [0.3, 0.4) is 0 Å². The molecule has 19 heteroatoms. The van der Waals surface area contributed by atoms with Gasteiger partial charge >= 0.3 is 0 Å². The molecule has 4 fully saturated rings. The third-order valence-electron chi connectivity index (χ3n) is 15.6. The quantitative estimate of drug-likeness (QED) is 0.0615. The molecule has 1 aliphatic carbocycles. The van der Waals surface area contributed by atoms with Gasteiger partial charge in [0.2, 0.25) is 0 Å². The van der Waals surface area contributed by atoms with Crippen LogP contribution in [0.1, 0.15) is 91.4 Å². The van der Waals surface area contributed by atoms with Crippen LogP contribution in [0, 0.1) is 33.1 Å². The van der Waals surface area contributed by atoms with E-state index in [1.807, 2.05) is 21.8 Å². The van der Waals surface area contributed by atoms with Gasteiger partial charge in [-0.25, -0.2) is 26.9 Å². The van der Waals surface area contributed by atoms with Crippen molar-refractivity contribution in [1.29, 1.82) is 0 Å². The molecule has 2 aromatic heterocycles. The number of nitro groups is 1. The van der Waals surface area contributed by atoms with Gasteiger partial charge in [-0.15, -0.1) is 0 Å². The molecule has 16 nitrogen and oxygen atoms in total. The number of pyridine rings is 1. The molecule has 3 N–H and O–H groups in total. The number of hydrogen-bond acceptors (Lipinski definition) is 13. The van der Waals surface area contributed by atoms with E-state index in [0.29, 0.717) is 44.8 Å². The van der Waals surface area contributed by atoms with Crippen molar-refractivity contribution in [3.63, 3.8) is 0 Å². The number of methoxy groups -OCH3 is 1. The van der Waals surface area contributed by atoms with Crippen LogP contribution in [0.5, 0.6) is 17.2 Å². The highest BCUT2D eigenvalue weighted by Crippen LogP contribution is 2.54. The summed E-state index contributed by atoms with van der Waals surface area (Å²) in [4.78, 5) is 39.1. The number of fused-ring (bicyclic) bond motifs is 1. The summed E-state index contributed by atoms with van der Waals surface area (Å²) in [6.45, 7) is 10.8. The van der Waals surface area contributed by atoms with E-state index in [9.17, 15) is 27.7 Å². The van der Waals surface area contributed by atoms with E-state index < -0.39 is 48.6 Å². The number of nitrogens with one attached hydrogen (secondary N) is 3. The molecular formula is C55H62F2N8O8S. The molecule has 1 amide bonds. The molecule has 1 unspecified atom stereocenters. The number of benzene rings is 4. The summed E-state index contributed by atoms with van der Waals surface area (Å²) in [5, 5.41) is 15.3. The first kappa shape index (κ1) is 50.8. The molecule has 3 aliphatic heterocycles. The summed E-state index contributed by atoms with van der Waals surface area (Å²) in [5.41, 5.74) is 3.63. The third kappa shape index (κ3) is 10.8. The first-order chi connectivity index (χ1) is 35.7. The Morgan fingerprint density at radius 2 is 1.72 bits per heavy atom. The molecule has 6 aromatic rings. The second kappa shape index (κ2) is 21.3. The maximum Gasteiger partial charge on any atom is 0.293 e. The lowest BCUT2D eigenvalue weighted by molar-refractivity contribution is -0.384. The Labute approximate surface area is 429 Å². The molecule has 10 rings (SSSR count). The normalized spacial score (nSPS) is 18.9. The van der Waals surface area contributed by atoms with E-state index in [2.05, 4.69) is 75.3 Å². The second-order valence-electron chi connectivity index (χ2n) is 20.6. The minimum atomic E-state index is -4.75. The number of hydrogen-bond donors (Lipinski definition) is 3. The molecule has 4 aromatic carbocycles. The van der Waals surface area contributed by atoms with Gasteiger partial charge in [0.15, 0.2) is 0 Å². The number of sulfonamides is 1. The molecule has 4 aliphatic rings. The van der Waals surface area contributed by atoms with Gasteiger partial charge in [0.25, 0.3) is 21.6 Å². The summed E-state index contributed by atoms with van der Waals surface area (Å²) in [5.74, 6) is -1.37. The number of nitrogens with zero attached hydrogens (tertiary/aromatic N) is 5. The molecule has 390 valence electrons. The highest BCUT2D eigenvalue weighted by atomic mass is 32.2. The SMILES string of the molecule is COc1ccc(CN2CCN(C3CC4(CCN(c5cc(Oc6cnc7[nH]cc(F)c7c6)c(C(=O)NS(=O)(=O)c6ccc(NCC7CCOCC7)c([N+](=O)[O-])c6)cc5F)CC4)C3)C(c3ccccc3C(C)C)C2)cc1. The monoisotopic (exact) mass is 1030 g/mol. The Balaban J connectivity index is 0.857. The van der Waals surface area contributed by atoms with Crippen molar-refractivity contribution >= 4 is 44.0 Å². The Hall–Kier alpha value is -6.67. The van der Waals surface area contributed by atoms with Crippen molar-refractivity contribution in [1.82, 2.24) is 24.5 Å². The van der Waals surface area contributed by atoms with Crippen LogP contribution in [0.25, 0.3) is 11.0 Å². The smallest absolute Gasteiger partial charge is 0.293 e. The van der Waals surface area contributed by atoms with Gasteiger partial charge in [-0.05, 0) is 109 Å². The number of carbonyl (C=O) groups is 1. The topological polar surface area (TPSA) is 184 Å². The number of anilines is 2. The second-order valence-corrected chi connectivity index (χ2v) is 22.3. The Morgan fingerprint density at radius 3 is 2.45 bits per heavy atom. The molecule has 0 bridgehead atoms. The van der Waals surface area contributed by atoms with Crippen LogP contribution in [-0.4, -0.2) is 105 Å². The largest absolute Gasteiger partial charge is 0.497 e. The number of piperazine rings is 1. The number of nitro benzene ring substituents is 1. The lowest BCUT2D eigenvalue weighted by Gasteiger charge is -2.58. The first-order valence-electron chi connectivity index (χ1n) is 25.4. The number of rotatable bonds is 16. The lowest BCUT2D eigenvalue weighted by Crippen LogP contribution is -2.60. The molecule has 1 saturated carbocycles. The fraction of sp³-hybridized carbons (Fsp3) is 0.418. The molecular weight excluding hydrogens is 971 g/mol. The predicted octanol–water partition coefficient (Wildman–Crippen LogP) is 9.94. The number of carbonyl (C=O) groups excluding carboxylic acids is 1. The van der Waals surface area contributed by atoms with Gasteiger partial charge < -0.3 is 29.4 Å². The molecule has 3 saturated heterocycles. The number of H-pyrrole nitrogens is 1. The van der Waals surface area contributed by atoms with Crippen molar-refractivity contribution in [2.45, 2.75) is 81.8 Å². The van der Waals surface area contributed by atoms with Crippen LogP contribution in [0.2, 0.25) is 0 Å². The van der Waals surface area contributed by atoms with Crippen LogP contribution in [0.4, 0.5) is 25.8 Å². The summed E-state index contributed by atoms with van der Waals surface area (Å²) < 4.78 is 77.8. The van der Waals surface area contributed by atoms with Gasteiger partial charge in [0, 0.05) is 89.4 Å². The highest BCUT2D eigenvalue weighted by Gasteiger charge is 2.50. The van der Waals surface area contributed by atoms with Gasteiger partial charge in [0.05, 0.1) is 39.8 Å². The van der Waals surface area contributed by atoms with Crippen LogP contribution in [-0.2, 0) is 21.3 Å². The van der Waals surface area contributed by atoms with E-state index in [1.54, 1.807) is 7.11 Å². The zero-order valence-corrected chi connectivity index (χ0v) is 42.6. The number of aromatic nitrogens is 2. The molecule has 1 atom stereocenters. The number of amides is 1. The summed E-state index contributed by atoms with van der Waals surface area (Å²) in [6, 6.07) is 24.7. The maximum absolute atomic E-state index is 16.6. The van der Waals surface area contributed by atoms with Crippen molar-refractivity contribution in [2.75, 3.05) is 69.8 Å². The van der Waals surface area contributed by atoms with Gasteiger partial charge in [-0.3, -0.25) is 24.7 Å². The number of halogens is 2. The van der Waals surface area contributed by atoms with Crippen LogP contribution >= 0.6 is 0 Å². The van der Waals surface area contributed by atoms with Crippen molar-refractivity contribution in [3.8, 4) is 17.2 Å². The fourth-order valence-electron chi connectivity index (χ4n) is 11.4. The summed E-state index contributed by atoms with van der Waals surface area (Å²) >= 11 is 0. The van der Waals surface area contributed by atoms with E-state index >= 15 is 4.39 Å². The number of piperidine rings is 1. The third-order valence-corrected chi connectivity index (χ3v) is 17.0. The maximum atomic E-state index is 16.6. The zero-order chi connectivity index (χ0) is 51.7. The molecule has 74 heavy (non-hydrogen) atoms. The highest BCUT2D eigenvalue weighted by molar-refractivity contribution is 7.90. The van der Waals surface area contributed by atoms with E-state index in [1.165, 1.54) is 41.1 Å². The lowest BCUT2D eigenvalue weighted by atomic mass is 9.59. The van der Waals surface area contributed by atoms with Gasteiger partial charge in [-0.2, -0.15) is 0 Å². The summed E-state index contributed by atoms with van der Waals surface area (Å²) in [7, 11) is -3.07. The standard InChI is InChI=1S/C55H62F2N8O8S/c1-35(2)42-6-4-5-7-43(42)51-34-62(33-37-8-10-39(71-3)11-9-37)20-21-64(51)38-28-55(29-38)16-18-63(19-17-55)49-27-52(73-40-24-44-47(57)32-60-53(44)59-31-40)45(26-46(49)56)54(66)61-74(69,70)41-12-13-48(50(25-41)65(67)68)58-30-36-14-22-72-23-15-36/h4-13,24-27,31-32,35-36,38,51,58H,14-23,28-30,33-34H2,1-3H3,(H,59,60)(H,61,66). The van der Waals surface area contributed by atoms with Crippen LogP contribution < -0.4 is 24.4 Å². The molecule has 1 spiro atoms. The Morgan fingerprint density at radius 1 is 0.959 bits per heavy atom. The zero-order valence-electron chi connectivity index (χ0n) is 41.8. The fourth-order valence-corrected chi connectivity index (χ4v) is 12.4. The van der Waals surface area contributed by atoms with Crippen LogP contribution in [0.15, 0.2) is 102 Å². The van der Waals surface area contributed by atoms with Crippen molar-refractivity contribution in [2.24, 2.45) is 11.3 Å². The predicted molar refractivity (Wildman–Crippen MR) is 277 cm³/mol. The minimum absolute atomic E-state index is 0.0129. The molecule has 0 radical (unpaired) electrons. The van der Waals surface area contributed by atoms with Crippen molar-refractivity contribution in [3.05, 3.63) is 141 Å².